The Hall–Kier alpha value is -4.59. The average Bonchev–Trinajstić information content (AvgIpc) is 3.62. The number of ether oxygens (including phenoxy) is 2. The lowest BCUT2D eigenvalue weighted by molar-refractivity contribution is -0.136. The molecule has 0 spiro atoms. The van der Waals surface area contributed by atoms with Crippen molar-refractivity contribution in [1.82, 2.24) is 14.7 Å². The summed E-state index contributed by atoms with van der Waals surface area (Å²) in [6, 6.07) is 24.4. The highest BCUT2D eigenvalue weighted by molar-refractivity contribution is 5.99. The number of hydrogen-bond donors (Lipinski definition) is 1. The van der Waals surface area contributed by atoms with Gasteiger partial charge in [-0.2, -0.15) is 0 Å². The molecule has 2 heterocycles. The number of carbonyl (C=O) groups excluding carboxylic acids is 2. The van der Waals surface area contributed by atoms with E-state index in [0.29, 0.717) is 30.3 Å². The minimum Gasteiger partial charge on any atom is -0.493 e. The van der Waals surface area contributed by atoms with Crippen molar-refractivity contribution in [1.29, 1.82) is 0 Å². The Morgan fingerprint density at radius 1 is 0.947 bits per heavy atom. The van der Waals surface area contributed by atoms with Crippen LogP contribution in [-0.4, -0.2) is 53.3 Å². The number of rotatable bonds is 8. The monoisotopic (exact) mass is 510 g/mol. The second-order valence-electron chi connectivity index (χ2n) is 9.14. The summed E-state index contributed by atoms with van der Waals surface area (Å²) >= 11 is 0. The van der Waals surface area contributed by atoms with Gasteiger partial charge in [0, 0.05) is 18.3 Å². The highest BCUT2D eigenvalue weighted by atomic mass is 16.5. The summed E-state index contributed by atoms with van der Waals surface area (Å²) in [5.41, 5.74) is 3.44. The number of likely N-dealkylation sites (tertiary alicyclic amines) is 1. The van der Waals surface area contributed by atoms with Gasteiger partial charge in [-0.3, -0.25) is 9.59 Å². The van der Waals surface area contributed by atoms with Crippen LogP contribution in [0.5, 0.6) is 11.5 Å². The smallest absolute Gasteiger partial charge is 0.248 e. The van der Waals surface area contributed by atoms with Crippen molar-refractivity contribution in [3.8, 4) is 28.3 Å². The topological polar surface area (TPSA) is 85.7 Å². The van der Waals surface area contributed by atoms with E-state index in [4.69, 9.17) is 14.6 Å². The zero-order chi connectivity index (χ0) is 26.5. The summed E-state index contributed by atoms with van der Waals surface area (Å²) in [4.78, 5) is 28.4. The molecule has 5 rings (SSSR count). The van der Waals surface area contributed by atoms with Crippen molar-refractivity contribution in [3.05, 3.63) is 90.6 Å². The van der Waals surface area contributed by atoms with E-state index in [2.05, 4.69) is 5.32 Å². The number of carbonyl (C=O) groups is 2. The Labute approximate surface area is 221 Å². The normalized spacial score (nSPS) is 14.8. The number of benzene rings is 3. The molecule has 8 heteroatoms. The van der Waals surface area contributed by atoms with E-state index < -0.39 is 6.04 Å². The summed E-state index contributed by atoms with van der Waals surface area (Å²) < 4.78 is 12.4. The maximum absolute atomic E-state index is 13.5. The lowest BCUT2D eigenvalue weighted by atomic mass is 10.1. The number of nitrogens with zero attached hydrogens (tertiary/aromatic N) is 3. The third kappa shape index (κ3) is 5.25. The third-order valence-electron chi connectivity index (χ3n) is 6.74. The second kappa shape index (κ2) is 11.2. The van der Waals surface area contributed by atoms with Gasteiger partial charge in [0.15, 0.2) is 17.3 Å². The molecule has 1 atom stereocenters. The summed E-state index contributed by atoms with van der Waals surface area (Å²) in [5, 5.41) is 7.72. The van der Waals surface area contributed by atoms with Crippen molar-refractivity contribution < 1.29 is 19.1 Å². The van der Waals surface area contributed by atoms with Crippen LogP contribution in [0.3, 0.4) is 0 Å². The summed E-state index contributed by atoms with van der Waals surface area (Å²) in [7, 11) is 3.13. The molecule has 194 valence electrons. The largest absolute Gasteiger partial charge is 0.493 e. The van der Waals surface area contributed by atoms with E-state index in [1.54, 1.807) is 35.9 Å². The van der Waals surface area contributed by atoms with Gasteiger partial charge >= 0.3 is 0 Å². The Morgan fingerprint density at radius 2 is 1.66 bits per heavy atom. The van der Waals surface area contributed by atoms with Crippen molar-refractivity contribution in [2.24, 2.45) is 0 Å². The number of aromatic nitrogens is 2. The molecule has 1 fully saturated rings. The number of para-hydroxylation sites is 1. The van der Waals surface area contributed by atoms with Gasteiger partial charge in [0.2, 0.25) is 11.8 Å². The lowest BCUT2D eigenvalue weighted by Gasteiger charge is -2.24. The number of hydrogen-bond acceptors (Lipinski definition) is 5. The van der Waals surface area contributed by atoms with Gasteiger partial charge in [-0.15, -0.1) is 5.10 Å². The molecule has 3 aromatic carbocycles. The van der Waals surface area contributed by atoms with Crippen LogP contribution >= 0.6 is 0 Å². The molecule has 0 unspecified atom stereocenters. The average molecular weight is 511 g/mol. The highest BCUT2D eigenvalue weighted by Crippen LogP contribution is 2.31. The first-order chi connectivity index (χ1) is 18.6. The van der Waals surface area contributed by atoms with Gasteiger partial charge in [0.25, 0.3) is 0 Å². The molecule has 0 saturated carbocycles. The highest BCUT2D eigenvalue weighted by Gasteiger charge is 2.34. The fourth-order valence-corrected chi connectivity index (χ4v) is 4.81. The third-order valence-corrected chi connectivity index (χ3v) is 6.74. The molecule has 8 nitrogen and oxygen atoms in total. The van der Waals surface area contributed by atoms with Crippen LogP contribution in [0.25, 0.3) is 16.8 Å². The molecule has 0 radical (unpaired) electrons. The number of methoxy groups -OCH3 is 2. The first-order valence-electron chi connectivity index (χ1n) is 12.6. The first kappa shape index (κ1) is 25.1. The van der Waals surface area contributed by atoms with Crippen LogP contribution in [0.4, 0.5) is 5.82 Å². The van der Waals surface area contributed by atoms with Crippen molar-refractivity contribution in [2.45, 2.75) is 25.3 Å². The van der Waals surface area contributed by atoms with Crippen LogP contribution in [0.15, 0.2) is 85.1 Å². The van der Waals surface area contributed by atoms with E-state index in [-0.39, 0.29) is 18.2 Å². The zero-order valence-corrected chi connectivity index (χ0v) is 21.5. The van der Waals surface area contributed by atoms with E-state index in [9.17, 15) is 9.59 Å². The molecule has 1 saturated heterocycles. The predicted molar refractivity (Wildman–Crippen MR) is 146 cm³/mol. The molecule has 4 aromatic rings. The fourth-order valence-electron chi connectivity index (χ4n) is 4.81. The Kier molecular flexibility index (Phi) is 7.40. The molecule has 1 N–H and O–H groups in total. The quantitative estimate of drug-likeness (QED) is 0.371. The number of nitrogens with one attached hydrogen (secondary N) is 1. The van der Waals surface area contributed by atoms with Gasteiger partial charge in [0.05, 0.1) is 26.3 Å². The van der Waals surface area contributed by atoms with Gasteiger partial charge in [-0.05, 0) is 48.2 Å². The first-order valence-corrected chi connectivity index (χ1v) is 12.6. The Morgan fingerprint density at radius 3 is 2.37 bits per heavy atom. The van der Waals surface area contributed by atoms with Crippen molar-refractivity contribution >= 4 is 17.6 Å². The van der Waals surface area contributed by atoms with E-state index >= 15 is 0 Å². The maximum atomic E-state index is 13.5. The van der Waals surface area contributed by atoms with Gasteiger partial charge in [0.1, 0.15) is 6.04 Å². The fraction of sp³-hybridized carbons (Fsp3) is 0.233. The van der Waals surface area contributed by atoms with Crippen LogP contribution in [0.1, 0.15) is 18.4 Å². The molecular formula is C30H30N4O4. The SMILES string of the molecule is COc1ccc(CC(=O)N2CCC[C@@H]2C(=O)Nc2nn(-c3ccccc3)cc2-c2ccccc2)cc1OC. The Balaban J connectivity index is 1.36. The lowest BCUT2D eigenvalue weighted by Crippen LogP contribution is -2.43. The van der Waals surface area contributed by atoms with Gasteiger partial charge in [-0.1, -0.05) is 54.6 Å². The minimum atomic E-state index is -0.562. The van der Waals surface area contributed by atoms with Gasteiger partial charge in [-0.25, -0.2) is 4.68 Å². The van der Waals surface area contributed by atoms with Gasteiger partial charge < -0.3 is 19.7 Å². The molecule has 0 aliphatic carbocycles. The van der Waals surface area contributed by atoms with Crippen molar-refractivity contribution in [3.63, 3.8) is 0 Å². The molecule has 1 aliphatic heterocycles. The zero-order valence-electron chi connectivity index (χ0n) is 21.5. The van der Waals surface area contributed by atoms with E-state index in [1.807, 2.05) is 72.9 Å². The van der Waals surface area contributed by atoms with Crippen molar-refractivity contribution in [2.75, 3.05) is 26.1 Å². The summed E-state index contributed by atoms with van der Waals surface area (Å²) in [6.07, 6.45) is 3.44. The maximum Gasteiger partial charge on any atom is 0.248 e. The Bertz CT molecular complexity index is 1420. The molecule has 0 bridgehead atoms. The summed E-state index contributed by atoms with van der Waals surface area (Å²) in [5.74, 6) is 1.29. The predicted octanol–water partition coefficient (Wildman–Crippen LogP) is 4.73. The van der Waals surface area contributed by atoms with E-state index in [1.165, 1.54) is 0 Å². The number of amides is 2. The summed E-state index contributed by atoms with van der Waals surface area (Å²) in [6.45, 7) is 0.536. The molecule has 38 heavy (non-hydrogen) atoms. The molecular weight excluding hydrogens is 480 g/mol. The molecule has 2 amide bonds. The van der Waals surface area contributed by atoms with Crippen LogP contribution in [0.2, 0.25) is 0 Å². The van der Waals surface area contributed by atoms with Crippen LogP contribution in [-0.2, 0) is 16.0 Å². The standard InChI is InChI=1S/C30H30N4O4/c1-37-26-16-15-21(18-27(26)38-2)19-28(35)33-17-9-14-25(33)30(36)31-29-24(22-10-5-3-6-11-22)20-34(32-29)23-12-7-4-8-13-23/h3-8,10-13,15-16,18,20,25H,9,14,17,19H2,1-2H3,(H,31,32,36)/t25-/m1/s1. The number of anilines is 1. The second-order valence-corrected chi connectivity index (χ2v) is 9.14. The molecule has 1 aromatic heterocycles. The van der Waals surface area contributed by atoms with Crippen LogP contribution in [0, 0.1) is 0 Å². The van der Waals surface area contributed by atoms with Crippen LogP contribution < -0.4 is 14.8 Å². The minimum absolute atomic E-state index is 0.104. The molecule has 1 aliphatic rings. The van der Waals surface area contributed by atoms with E-state index in [0.717, 1.165) is 28.8 Å².